The number of piperidine rings is 1. The number of carbonyl (C=O) groups is 1. The molecule has 0 aromatic heterocycles. The third-order valence-corrected chi connectivity index (χ3v) is 4.97. The number of hydrogen-bond acceptors (Lipinski definition) is 7. The van der Waals surface area contributed by atoms with Crippen LogP contribution in [0.4, 0.5) is 4.79 Å². The number of amidine groups is 1. The minimum atomic E-state index is -4.76. The Kier molecular flexibility index (Phi) is 5.43. The summed E-state index contributed by atoms with van der Waals surface area (Å²) in [5, 5.41) is 15.0. The summed E-state index contributed by atoms with van der Waals surface area (Å²) >= 11 is 0. The molecule has 3 aliphatic heterocycles. The molecule has 12 heteroatoms. The van der Waals surface area contributed by atoms with Gasteiger partial charge in [0, 0.05) is 19.6 Å². The summed E-state index contributed by atoms with van der Waals surface area (Å²) in [5.74, 6) is 0.189. The van der Waals surface area contributed by atoms with E-state index in [0.717, 1.165) is 19.5 Å². The van der Waals surface area contributed by atoms with Crippen LogP contribution >= 0.6 is 0 Å². The molecule has 0 radical (unpaired) electrons. The van der Waals surface area contributed by atoms with E-state index in [4.69, 9.17) is 14.7 Å². The molecule has 0 aliphatic carbocycles. The second kappa shape index (κ2) is 7.41. The monoisotopic (exact) mass is 377 g/mol. The number of fused-ring (bicyclic) bond motifs is 2. The molecule has 142 valence electrons. The highest BCUT2D eigenvalue weighted by molar-refractivity contribution is 7.80. The third kappa shape index (κ3) is 4.39. The number of amides is 2. The largest absolute Gasteiger partial charge is 0.418 e. The van der Waals surface area contributed by atoms with Crippen LogP contribution < -0.4 is 10.6 Å². The number of nitrogens with one attached hydrogen (secondary N) is 3. The molecule has 1 unspecified atom stereocenters. The minimum absolute atomic E-state index is 0.189. The molecule has 25 heavy (non-hydrogen) atoms. The second-order valence-corrected chi connectivity index (χ2v) is 7.34. The number of ether oxygens (including phenoxy) is 1. The van der Waals surface area contributed by atoms with Crippen molar-refractivity contribution in [3.63, 3.8) is 0 Å². The van der Waals surface area contributed by atoms with Crippen molar-refractivity contribution in [2.75, 3.05) is 32.8 Å². The van der Waals surface area contributed by atoms with Gasteiger partial charge in [-0.05, 0) is 25.8 Å². The van der Waals surface area contributed by atoms with Gasteiger partial charge in [0.25, 0.3) is 0 Å². The standard InChI is InChI=1S/C13H23N5O6S/c14-12(16-5-6-23-10-3-4-15-7-10)11-2-1-9-8-17(11)13(19)18(9)24-25(20,21)22/h9-11,15H,1-8H2,(H2,14,16)(H,20,21,22)/t9-,10?,11+/m1/s1. The van der Waals surface area contributed by atoms with Crippen LogP contribution in [0.15, 0.2) is 0 Å². The van der Waals surface area contributed by atoms with E-state index in [0.29, 0.717) is 31.1 Å². The Morgan fingerprint density at radius 2 is 2.20 bits per heavy atom. The fraction of sp³-hybridized carbons (Fsp3) is 0.846. The molecule has 2 amide bonds. The molecule has 0 spiro atoms. The van der Waals surface area contributed by atoms with Crippen molar-refractivity contribution in [2.45, 2.75) is 37.5 Å². The summed E-state index contributed by atoms with van der Waals surface area (Å²) in [6.07, 6.45) is 2.18. The van der Waals surface area contributed by atoms with Crippen LogP contribution in [-0.4, -0.2) is 85.8 Å². The Labute approximate surface area is 146 Å². The maximum Gasteiger partial charge on any atom is 0.418 e. The summed E-state index contributed by atoms with van der Waals surface area (Å²) in [4.78, 5) is 13.7. The van der Waals surface area contributed by atoms with E-state index in [1.54, 1.807) is 0 Å². The van der Waals surface area contributed by atoms with Crippen molar-refractivity contribution in [3.8, 4) is 0 Å². The van der Waals surface area contributed by atoms with Gasteiger partial charge in [0.1, 0.15) is 5.84 Å². The lowest BCUT2D eigenvalue weighted by Gasteiger charge is -2.31. The zero-order valence-electron chi connectivity index (χ0n) is 13.7. The molecule has 0 aromatic rings. The average Bonchev–Trinajstić information content (AvgIpc) is 3.14. The predicted octanol–water partition coefficient (Wildman–Crippen LogP) is -1.07. The summed E-state index contributed by atoms with van der Waals surface area (Å²) < 4.78 is 40.6. The highest BCUT2D eigenvalue weighted by atomic mass is 32.3. The molecule has 3 aliphatic rings. The van der Waals surface area contributed by atoms with Crippen LogP contribution in [0, 0.1) is 5.41 Å². The Morgan fingerprint density at radius 3 is 2.88 bits per heavy atom. The van der Waals surface area contributed by atoms with Gasteiger partial charge < -0.3 is 20.3 Å². The number of urea groups is 1. The van der Waals surface area contributed by atoms with Crippen molar-refractivity contribution in [1.82, 2.24) is 20.6 Å². The Balaban J connectivity index is 1.48. The summed E-state index contributed by atoms with van der Waals surface area (Å²) in [5.41, 5.74) is 0. The van der Waals surface area contributed by atoms with Crippen molar-refractivity contribution in [1.29, 1.82) is 5.41 Å². The summed E-state index contributed by atoms with van der Waals surface area (Å²) in [6.45, 7) is 2.98. The molecule has 3 heterocycles. The predicted molar refractivity (Wildman–Crippen MR) is 86.3 cm³/mol. The van der Waals surface area contributed by atoms with Crippen molar-refractivity contribution < 1.29 is 26.8 Å². The van der Waals surface area contributed by atoms with Gasteiger partial charge in [-0.25, -0.2) is 4.79 Å². The minimum Gasteiger partial charge on any atom is -0.375 e. The molecule has 3 saturated heterocycles. The first-order valence-corrected chi connectivity index (χ1v) is 9.63. The molecule has 11 nitrogen and oxygen atoms in total. The maximum absolute atomic E-state index is 12.3. The molecule has 3 fully saturated rings. The fourth-order valence-electron chi connectivity index (χ4n) is 3.43. The van der Waals surface area contributed by atoms with Crippen LogP contribution in [0.3, 0.4) is 0 Å². The van der Waals surface area contributed by atoms with Crippen molar-refractivity contribution in [2.24, 2.45) is 0 Å². The first kappa shape index (κ1) is 18.3. The molecule has 4 N–H and O–H groups in total. The SMILES string of the molecule is N=C(NCCOC1CCNC1)[C@@H]1CC[C@@H]2CN1C(=O)N2OS(=O)(=O)O. The zero-order valence-corrected chi connectivity index (χ0v) is 14.5. The number of hydroxylamine groups is 2. The topological polar surface area (TPSA) is 144 Å². The van der Waals surface area contributed by atoms with Gasteiger partial charge in [-0.15, -0.1) is 4.28 Å². The molecule has 2 bridgehead atoms. The molecule has 3 rings (SSSR count). The highest BCUT2D eigenvalue weighted by Crippen LogP contribution is 2.30. The van der Waals surface area contributed by atoms with Gasteiger partial charge >= 0.3 is 16.4 Å². The van der Waals surface area contributed by atoms with Gasteiger partial charge in [0.05, 0.1) is 24.8 Å². The number of hydrogen-bond donors (Lipinski definition) is 4. The van der Waals surface area contributed by atoms with Gasteiger partial charge in [-0.3, -0.25) is 9.96 Å². The average molecular weight is 377 g/mol. The zero-order chi connectivity index (χ0) is 18.0. The third-order valence-electron chi connectivity index (χ3n) is 4.62. The fourth-order valence-corrected chi connectivity index (χ4v) is 3.82. The van der Waals surface area contributed by atoms with Gasteiger partial charge in [0.2, 0.25) is 0 Å². The maximum atomic E-state index is 12.3. The lowest BCUT2D eigenvalue weighted by molar-refractivity contribution is -0.0316. The van der Waals surface area contributed by atoms with E-state index in [1.807, 2.05) is 0 Å². The normalized spacial score (nSPS) is 29.3. The summed E-state index contributed by atoms with van der Waals surface area (Å²) in [7, 11) is -4.76. The molecule has 0 aromatic carbocycles. The molecule has 3 atom stereocenters. The molecular weight excluding hydrogens is 354 g/mol. The lowest BCUT2D eigenvalue weighted by atomic mass is 10.00. The van der Waals surface area contributed by atoms with Crippen LogP contribution in [0.25, 0.3) is 0 Å². The molecule has 0 saturated carbocycles. The van der Waals surface area contributed by atoms with E-state index in [9.17, 15) is 13.2 Å². The van der Waals surface area contributed by atoms with Crippen LogP contribution in [-0.2, 0) is 19.4 Å². The van der Waals surface area contributed by atoms with Crippen LogP contribution in [0.1, 0.15) is 19.3 Å². The van der Waals surface area contributed by atoms with Crippen molar-refractivity contribution >= 4 is 22.3 Å². The van der Waals surface area contributed by atoms with E-state index >= 15 is 0 Å². The highest BCUT2D eigenvalue weighted by Gasteiger charge is 2.48. The van der Waals surface area contributed by atoms with Gasteiger partial charge in [-0.2, -0.15) is 13.5 Å². The van der Waals surface area contributed by atoms with Crippen LogP contribution in [0.2, 0.25) is 0 Å². The number of carbonyl (C=O) groups excluding carboxylic acids is 1. The van der Waals surface area contributed by atoms with E-state index in [1.165, 1.54) is 4.90 Å². The quantitative estimate of drug-likeness (QED) is 0.190. The molecular formula is C13H23N5O6S. The first-order chi connectivity index (χ1) is 11.8. The van der Waals surface area contributed by atoms with Crippen molar-refractivity contribution in [3.05, 3.63) is 0 Å². The lowest BCUT2D eigenvalue weighted by Crippen LogP contribution is -2.50. The smallest absolute Gasteiger partial charge is 0.375 e. The van der Waals surface area contributed by atoms with E-state index < -0.39 is 28.5 Å². The van der Waals surface area contributed by atoms with E-state index in [2.05, 4.69) is 14.9 Å². The van der Waals surface area contributed by atoms with Gasteiger partial charge in [0.15, 0.2) is 0 Å². The number of rotatable bonds is 7. The first-order valence-electron chi connectivity index (χ1n) is 8.26. The Morgan fingerprint density at radius 1 is 1.40 bits per heavy atom. The second-order valence-electron chi connectivity index (χ2n) is 6.34. The van der Waals surface area contributed by atoms with E-state index in [-0.39, 0.29) is 18.5 Å². The van der Waals surface area contributed by atoms with Gasteiger partial charge in [-0.1, -0.05) is 0 Å². The summed E-state index contributed by atoms with van der Waals surface area (Å²) in [6, 6.07) is -1.58. The number of nitrogens with zero attached hydrogens (tertiary/aromatic N) is 2. The Hall–Kier alpha value is -1.47. The Bertz CT molecular complexity index is 622. The van der Waals surface area contributed by atoms with Crippen LogP contribution in [0.5, 0.6) is 0 Å².